The molecule has 2 amide bonds. The molecule has 0 aromatic heterocycles. The maximum atomic E-state index is 12.8. The van der Waals surface area contributed by atoms with E-state index in [0.717, 1.165) is 24.1 Å². The molecule has 0 aliphatic carbocycles. The lowest BCUT2D eigenvalue weighted by molar-refractivity contribution is -0.137. The molecule has 0 unspecified atom stereocenters. The number of halogens is 3. The molecule has 0 saturated carbocycles. The van der Waals surface area contributed by atoms with Crippen LogP contribution in [-0.4, -0.2) is 13.1 Å². The van der Waals surface area contributed by atoms with Crippen LogP contribution in [0.1, 0.15) is 43.0 Å². The summed E-state index contributed by atoms with van der Waals surface area (Å²) in [7, 11) is 1.32. The number of nitrogens with one attached hydrogen (secondary N) is 2. The highest BCUT2D eigenvalue weighted by atomic mass is 19.4. The number of aryl methyl sites for hydroxylation is 2. The summed E-state index contributed by atoms with van der Waals surface area (Å²) < 4.78 is 43.5. The first-order chi connectivity index (χ1) is 13.2. The van der Waals surface area contributed by atoms with Gasteiger partial charge in [0.05, 0.1) is 18.4 Å². The lowest BCUT2D eigenvalue weighted by Crippen LogP contribution is -2.28. The Labute approximate surface area is 164 Å². The van der Waals surface area contributed by atoms with Gasteiger partial charge in [-0.1, -0.05) is 39.0 Å². The molecule has 7 heteroatoms. The molecule has 2 aromatic rings. The number of alkyl halides is 3. The molecule has 0 fully saturated rings. The molecular weight excluding hydrogens is 369 g/mol. The summed E-state index contributed by atoms with van der Waals surface area (Å²) in [4.78, 5) is 12.1. The normalized spacial score (nSPS) is 10.6. The van der Waals surface area contributed by atoms with Crippen LogP contribution in [-0.2, 0) is 19.1 Å². The van der Waals surface area contributed by atoms with Gasteiger partial charge in [-0.2, -0.15) is 13.2 Å². The van der Waals surface area contributed by atoms with Gasteiger partial charge in [-0.25, -0.2) is 4.79 Å². The third-order valence-electron chi connectivity index (χ3n) is 4.02. The van der Waals surface area contributed by atoms with Crippen LogP contribution in [0, 0.1) is 6.92 Å². The zero-order valence-electron chi connectivity index (χ0n) is 16.8. The monoisotopic (exact) mass is 396 g/mol. The van der Waals surface area contributed by atoms with Crippen molar-refractivity contribution in [3.05, 3.63) is 58.7 Å². The summed E-state index contributed by atoms with van der Waals surface area (Å²) in [5.74, 6) is 0.150. The number of carbonyl (C=O) groups excluding carboxylic acids is 1. The number of hydrogen-bond donors (Lipinski definition) is 2. The maximum Gasteiger partial charge on any atom is 0.416 e. The predicted molar refractivity (Wildman–Crippen MR) is 106 cm³/mol. The van der Waals surface area contributed by atoms with Gasteiger partial charge in [0.15, 0.2) is 0 Å². The van der Waals surface area contributed by atoms with Crippen molar-refractivity contribution in [2.45, 2.75) is 46.8 Å². The Hall–Kier alpha value is -2.70. The summed E-state index contributed by atoms with van der Waals surface area (Å²) >= 11 is 0. The van der Waals surface area contributed by atoms with Crippen molar-refractivity contribution in [1.29, 1.82) is 0 Å². The minimum absolute atomic E-state index is 0.0435. The standard InChI is InChI=1S/C19H21F3N2O2.C2H6/c1-4-14-9-13(6-5-12(14)2)11-23-18(25)24-16-10-15(19(20,21)22)7-8-17(16)26-3;1-2/h5-10H,4,11H2,1-3H3,(H2,23,24,25);1-2H3. The maximum absolute atomic E-state index is 12.8. The molecule has 0 saturated heterocycles. The fourth-order valence-corrected chi connectivity index (χ4v) is 2.55. The van der Waals surface area contributed by atoms with Crippen molar-refractivity contribution in [3.63, 3.8) is 0 Å². The lowest BCUT2D eigenvalue weighted by atomic mass is 10.0. The Morgan fingerprint density at radius 3 is 2.36 bits per heavy atom. The van der Waals surface area contributed by atoms with Gasteiger partial charge in [-0.3, -0.25) is 0 Å². The van der Waals surface area contributed by atoms with Crippen LogP contribution in [0.15, 0.2) is 36.4 Å². The van der Waals surface area contributed by atoms with E-state index in [9.17, 15) is 18.0 Å². The Morgan fingerprint density at radius 2 is 1.79 bits per heavy atom. The Morgan fingerprint density at radius 1 is 1.11 bits per heavy atom. The van der Waals surface area contributed by atoms with Crippen molar-refractivity contribution in [1.82, 2.24) is 5.32 Å². The van der Waals surface area contributed by atoms with Crippen LogP contribution in [0.2, 0.25) is 0 Å². The summed E-state index contributed by atoms with van der Waals surface area (Å²) in [6.45, 7) is 8.33. The number of benzene rings is 2. The average molecular weight is 396 g/mol. The van der Waals surface area contributed by atoms with Crippen LogP contribution >= 0.6 is 0 Å². The quantitative estimate of drug-likeness (QED) is 0.658. The highest BCUT2D eigenvalue weighted by molar-refractivity contribution is 5.91. The first-order valence-corrected chi connectivity index (χ1v) is 9.13. The number of rotatable bonds is 5. The first-order valence-electron chi connectivity index (χ1n) is 9.13. The van der Waals surface area contributed by atoms with Gasteiger partial charge in [0.1, 0.15) is 5.75 Å². The molecule has 154 valence electrons. The van der Waals surface area contributed by atoms with Crippen LogP contribution in [0.3, 0.4) is 0 Å². The fourth-order valence-electron chi connectivity index (χ4n) is 2.55. The van der Waals surface area contributed by atoms with E-state index in [1.54, 1.807) is 0 Å². The molecule has 2 N–H and O–H groups in total. The molecule has 0 aliphatic heterocycles. The Bertz CT molecular complexity index is 790. The largest absolute Gasteiger partial charge is 0.495 e. The highest BCUT2D eigenvalue weighted by Gasteiger charge is 2.31. The molecule has 0 heterocycles. The van der Waals surface area contributed by atoms with Crippen molar-refractivity contribution in [2.24, 2.45) is 0 Å². The molecule has 0 atom stereocenters. The molecule has 2 aromatic carbocycles. The topological polar surface area (TPSA) is 50.4 Å². The smallest absolute Gasteiger partial charge is 0.416 e. The SMILES string of the molecule is CC.CCc1cc(CNC(=O)Nc2cc(C(F)(F)F)ccc2OC)ccc1C. The van der Waals surface area contributed by atoms with Crippen molar-refractivity contribution in [3.8, 4) is 5.75 Å². The third kappa shape index (κ3) is 6.48. The molecule has 28 heavy (non-hydrogen) atoms. The number of carbonyl (C=O) groups is 1. The molecule has 2 rings (SSSR count). The van der Waals surface area contributed by atoms with E-state index >= 15 is 0 Å². The lowest BCUT2D eigenvalue weighted by Gasteiger charge is -2.14. The second kappa shape index (κ2) is 10.6. The van der Waals surface area contributed by atoms with Crippen LogP contribution < -0.4 is 15.4 Å². The number of urea groups is 1. The zero-order chi connectivity index (χ0) is 21.3. The zero-order valence-corrected chi connectivity index (χ0v) is 16.8. The second-order valence-corrected chi connectivity index (χ2v) is 5.83. The summed E-state index contributed by atoms with van der Waals surface area (Å²) in [5, 5.41) is 5.05. The van der Waals surface area contributed by atoms with Gasteiger partial charge >= 0.3 is 12.2 Å². The van der Waals surface area contributed by atoms with Crippen molar-refractivity contribution < 1.29 is 22.7 Å². The van der Waals surface area contributed by atoms with E-state index in [4.69, 9.17) is 4.74 Å². The van der Waals surface area contributed by atoms with Gasteiger partial charge in [0, 0.05) is 6.54 Å². The van der Waals surface area contributed by atoms with Crippen molar-refractivity contribution >= 4 is 11.7 Å². The summed E-state index contributed by atoms with van der Waals surface area (Å²) in [6, 6.07) is 8.19. The number of methoxy groups -OCH3 is 1. The Balaban J connectivity index is 0.00000190. The number of ether oxygens (including phenoxy) is 1. The van der Waals surface area contributed by atoms with E-state index in [1.807, 2.05) is 45.9 Å². The van der Waals surface area contributed by atoms with Gasteiger partial charge in [-0.05, 0) is 48.2 Å². The van der Waals surface area contributed by atoms with Gasteiger partial charge < -0.3 is 15.4 Å². The Kier molecular flexibility index (Phi) is 8.82. The first kappa shape index (κ1) is 23.3. The molecule has 4 nitrogen and oxygen atoms in total. The van der Waals surface area contributed by atoms with E-state index in [1.165, 1.54) is 24.3 Å². The molecule has 0 radical (unpaired) electrons. The second-order valence-electron chi connectivity index (χ2n) is 5.83. The van der Waals surface area contributed by atoms with Crippen LogP contribution in [0.5, 0.6) is 5.75 Å². The molecule has 0 bridgehead atoms. The van der Waals surface area contributed by atoms with Gasteiger partial charge in [0.2, 0.25) is 0 Å². The van der Waals surface area contributed by atoms with E-state index in [0.29, 0.717) is 0 Å². The summed E-state index contributed by atoms with van der Waals surface area (Å²) in [5.41, 5.74) is 2.37. The van der Waals surface area contributed by atoms with Crippen LogP contribution in [0.25, 0.3) is 0 Å². The average Bonchev–Trinajstić information content (AvgIpc) is 2.68. The van der Waals surface area contributed by atoms with Crippen molar-refractivity contribution in [2.75, 3.05) is 12.4 Å². The third-order valence-corrected chi connectivity index (χ3v) is 4.02. The molecular formula is C21H27F3N2O2. The van der Waals surface area contributed by atoms with E-state index < -0.39 is 17.8 Å². The molecule has 0 aliphatic rings. The van der Waals surface area contributed by atoms with Crippen LogP contribution in [0.4, 0.5) is 23.7 Å². The molecule has 0 spiro atoms. The van der Waals surface area contributed by atoms with Gasteiger partial charge in [0.25, 0.3) is 0 Å². The fraction of sp³-hybridized carbons (Fsp3) is 0.381. The number of hydrogen-bond acceptors (Lipinski definition) is 2. The van der Waals surface area contributed by atoms with E-state index in [-0.39, 0.29) is 18.0 Å². The van der Waals surface area contributed by atoms with E-state index in [2.05, 4.69) is 10.6 Å². The minimum Gasteiger partial charge on any atom is -0.495 e. The highest BCUT2D eigenvalue weighted by Crippen LogP contribution is 2.34. The minimum atomic E-state index is -4.50. The summed E-state index contributed by atoms with van der Waals surface area (Å²) in [6.07, 6.45) is -3.62. The number of anilines is 1. The van der Waals surface area contributed by atoms with Gasteiger partial charge in [-0.15, -0.1) is 0 Å². The number of amides is 2. The predicted octanol–water partition coefficient (Wildman–Crippen LogP) is 5.93.